The van der Waals surface area contributed by atoms with Gasteiger partial charge in [-0.1, -0.05) is 61.8 Å². The molecule has 1 aromatic rings. The number of benzene rings is 1. The molecule has 0 aliphatic heterocycles. The van der Waals surface area contributed by atoms with Crippen LogP contribution in [0.3, 0.4) is 0 Å². The van der Waals surface area contributed by atoms with Crippen LogP contribution in [0.4, 0.5) is 4.39 Å². The van der Waals surface area contributed by atoms with Crippen molar-refractivity contribution in [3.05, 3.63) is 53.6 Å². The third-order valence-electron chi connectivity index (χ3n) is 5.62. The summed E-state index contributed by atoms with van der Waals surface area (Å²) in [5.41, 5.74) is 0.734. The first-order chi connectivity index (χ1) is 11.5. The van der Waals surface area contributed by atoms with Crippen molar-refractivity contribution in [3.63, 3.8) is 0 Å². The quantitative estimate of drug-likeness (QED) is 0.791. The Hall–Kier alpha value is -1.90. The second-order valence-electron chi connectivity index (χ2n) is 7.09. The van der Waals surface area contributed by atoms with Crippen molar-refractivity contribution in [2.75, 3.05) is 0 Å². The normalized spacial score (nSPS) is 26.0. The average molecular weight is 328 g/mol. The van der Waals surface area contributed by atoms with E-state index < -0.39 is 17.6 Å². The van der Waals surface area contributed by atoms with Gasteiger partial charge in [-0.3, -0.25) is 4.79 Å². The maximum atomic E-state index is 15.5. The molecule has 2 aliphatic carbocycles. The Kier molecular flexibility index (Phi) is 4.88. The van der Waals surface area contributed by atoms with Crippen molar-refractivity contribution in [2.24, 2.45) is 5.92 Å². The van der Waals surface area contributed by atoms with Gasteiger partial charge >= 0.3 is 5.97 Å². The first-order valence-electron chi connectivity index (χ1n) is 8.92. The summed E-state index contributed by atoms with van der Waals surface area (Å²) < 4.78 is 15.5. The lowest BCUT2D eigenvalue weighted by atomic mass is 9.75. The molecule has 0 heterocycles. The van der Waals surface area contributed by atoms with Crippen LogP contribution in [0.25, 0.3) is 5.57 Å². The number of aliphatic carboxylic acids is 1. The van der Waals surface area contributed by atoms with Crippen LogP contribution in [-0.4, -0.2) is 16.7 Å². The van der Waals surface area contributed by atoms with Crippen LogP contribution in [0.1, 0.15) is 62.5 Å². The first-order valence-corrected chi connectivity index (χ1v) is 8.92. The summed E-state index contributed by atoms with van der Waals surface area (Å²) in [4.78, 5) is 11.3. The number of rotatable bonds is 4. The number of allylic oxidation sites excluding steroid dienone is 4. The van der Waals surface area contributed by atoms with Gasteiger partial charge in [0, 0.05) is 6.42 Å². The van der Waals surface area contributed by atoms with Crippen molar-refractivity contribution >= 4 is 11.5 Å². The summed E-state index contributed by atoms with van der Waals surface area (Å²) in [5.74, 6) is -1.56. The van der Waals surface area contributed by atoms with Crippen molar-refractivity contribution in [2.45, 2.75) is 57.0 Å². The third-order valence-corrected chi connectivity index (χ3v) is 5.62. The Balaban J connectivity index is 1.87. The molecule has 0 saturated heterocycles. The van der Waals surface area contributed by atoms with Crippen molar-refractivity contribution in [1.29, 1.82) is 0 Å². The Morgan fingerprint density at radius 1 is 1.21 bits per heavy atom. The molecule has 3 heteroatoms. The molecular weight excluding hydrogens is 303 g/mol. The predicted octanol–water partition coefficient (Wildman–Crippen LogP) is 5.51. The predicted molar refractivity (Wildman–Crippen MR) is 94.6 cm³/mol. The van der Waals surface area contributed by atoms with Crippen LogP contribution in [0, 0.1) is 5.92 Å². The fraction of sp³-hybridized carbons (Fsp3) is 0.476. The second-order valence-corrected chi connectivity index (χ2v) is 7.09. The summed E-state index contributed by atoms with van der Waals surface area (Å²) >= 11 is 0. The molecule has 2 aliphatic rings. The van der Waals surface area contributed by atoms with Crippen LogP contribution in [0.15, 0.2) is 42.5 Å². The molecule has 1 aromatic carbocycles. The molecule has 2 nitrogen and oxygen atoms in total. The van der Waals surface area contributed by atoms with E-state index in [1.54, 1.807) is 12.2 Å². The largest absolute Gasteiger partial charge is 0.481 e. The molecule has 128 valence electrons. The molecule has 24 heavy (non-hydrogen) atoms. The molecular formula is C21H25FO2. The lowest BCUT2D eigenvalue weighted by Gasteiger charge is -2.33. The summed E-state index contributed by atoms with van der Waals surface area (Å²) in [6, 6.07) is 8.10. The van der Waals surface area contributed by atoms with Gasteiger partial charge in [-0.15, -0.1) is 0 Å². The highest BCUT2D eigenvalue weighted by molar-refractivity contribution is 5.82. The maximum Gasteiger partial charge on any atom is 0.309 e. The Morgan fingerprint density at radius 3 is 2.50 bits per heavy atom. The molecule has 0 radical (unpaired) electrons. The summed E-state index contributed by atoms with van der Waals surface area (Å²) in [6.07, 6.45) is 11.7. The van der Waals surface area contributed by atoms with Crippen molar-refractivity contribution in [3.8, 4) is 0 Å². The fourth-order valence-corrected chi connectivity index (χ4v) is 3.96. The average Bonchev–Trinajstić information content (AvgIpc) is 2.62. The van der Waals surface area contributed by atoms with Gasteiger partial charge in [0.2, 0.25) is 0 Å². The van der Waals surface area contributed by atoms with Gasteiger partial charge in [0.05, 0.1) is 5.92 Å². The van der Waals surface area contributed by atoms with Gasteiger partial charge in [0.1, 0.15) is 0 Å². The van der Waals surface area contributed by atoms with Crippen molar-refractivity contribution < 1.29 is 14.3 Å². The Bertz CT molecular complexity index is 653. The molecule has 1 N–H and O–H groups in total. The zero-order chi connectivity index (χ0) is 17.2. The first kappa shape index (κ1) is 16.9. The topological polar surface area (TPSA) is 37.3 Å². The SMILES string of the molecule is CC(C(=O)O)C1(F)CC=CC=C1c1ccc(C2CCCCC2)cc1. The van der Waals surface area contributed by atoms with E-state index in [1.807, 2.05) is 18.2 Å². The van der Waals surface area contributed by atoms with E-state index in [4.69, 9.17) is 0 Å². The zero-order valence-electron chi connectivity index (χ0n) is 14.2. The summed E-state index contributed by atoms with van der Waals surface area (Å²) in [7, 11) is 0. The van der Waals surface area contributed by atoms with Crippen LogP contribution in [0.2, 0.25) is 0 Å². The highest BCUT2D eigenvalue weighted by Gasteiger charge is 2.44. The Morgan fingerprint density at radius 2 is 1.88 bits per heavy atom. The monoisotopic (exact) mass is 328 g/mol. The number of hydrogen-bond acceptors (Lipinski definition) is 1. The van der Waals surface area contributed by atoms with Crippen molar-refractivity contribution in [1.82, 2.24) is 0 Å². The standard InChI is InChI=1S/C21H25FO2/c1-15(20(23)24)21(22)14-6-5-9-19(21)18-12-10-17(11-13-18)16-7-3-2-4-8-16/h5-6,9-13,15-16H,2-4,7-8,14H2,1H3,(H,23,24). The number of halogens is 1. The smallest absolute Gasteiger partial charge is 0.309 e. The van der Waals surface area contributed by atoms with E-state index in [0.29, 0.717) is 11.5 Å². The lowest BCUT2D eigenvalue weighted by Crippen LogP contribution is -2.38. The minimum Gasteiger partial charge on any atom is -0.481 e. The van der Waals surface area contributed by atoms with E-state index in [2.05, 4.69) is 12.1 Å². The lowest BCUT2D eigenvalue weighted by molar-refractivity contribution is -0.144. The minimum atomic E-state index is -1.85. The van der Waals surface area contributed by atoms with Gasteiger partial charge in [0.15, 0.2) is 5.67 Å². The summed E-state index contributed by atoms with van der Waals surface area (Å²) in [5, 5.41) is 9.29. The molecule has 2 unspecified atom stereocenters. The zero-order valence-corrected chi connectivity index (χ0v) is 14.2. The van der Waals surface area contributed by atoms with E-state index in [1.165, 1.54) is 44.6 Å². The van der Waals surface area contributed by atoms with Gasteiger partial charge in [-0.25, -0.2) is 4.39 Å². The van der Waals surface area contributed by atoms with Gasteiger partial charge in [-0.2, -0.15) is 0 Å². The highest BCUT2D eigenvalue weighted by atomic mass is 19.1. The van der Waals surface area contributed by atoms with Crippen LogP contribution >= 0.6 is 0 Å². The van der Waals surface area contributed by atoms with Gasteiger partial charge in [-0.05, 0) is 42.4 Å². The molecule has 0 bridgehead atoms. The third kappa shape index (κ3) is 3.17. The van der Waals surface area contributed by atoms with Crippen LogP contribution < -0.4 is 0 Å². The van der Waals surface area contributed by atoms with E-state index >= 15 is 4.39 Å². The van der Waals surface area contributed by atoms with E-state index in [0.717, 1.165) is 5.56 Å². The fourth-order valence-electron chi connectivity index (χ4n) is 3.96. The number of carboxylic acids is 1. The van der Waals surface area contributed by atoms with E-state index in [9.17, 15) is 9.90 Å². The molecule has 1 fully saturated rings. The molecule has 2 atom stereocenters. The number of carbonyl (C=O) groups is 1. The van der Waals surface area contributed by atoms with Crippen LogP contribution in [0.5, 0.6) is 0 Å². The van der Waals surface area contributed by atoms with E-state index in [-0.39, 0.29) is 6.42 Å². The maximum absolute atomic E-state index is 15.5. The van der Waals surface area contributed by atoms with Gasteiger partial charge in [0.25, 0.3) is 0 Å². The molecule has 0 aromatic heterocycles. The molecule has 0 amide bonds. The second kappa shape index (κ2) is 6.92. The molecule has 0 spiro atoms. The Labute approximate surface area is 143 Å². The highest BCUT2D eigenvalue weighted by Crippen LogP contribution is 2.43. The molecule has 3 rings (SSSR count). The summed E-state index contributed by atoms with van der Waals surface area (Å²) in [6.45, 7) is 1.45. The minimum absolute atomic E-state index is 0.108. The number of carboxylic acid groups (broad SMARTS) is 1. The number of hydrogen-bond donors (Lipinski definition) is 1. The van der Waals surface area contributed by atoms with Crippen LogP contribution in [-0.2, 0) is 4.79 Å². The molecule has 1 saturated carbocycles. The number of alkyl halides is 1. The van der Waals surface area contributed by atoms with Gasteiger partial charge < -0.3 is 5.11 Å².